The van der Waals surface area contributed by atoms with E-state index in [-0.39, 0.29) is 5.82 Å². The molecule has 0 bridgehead atoms. The smallest absolute Gasteiger partial charge is 0.278 e. The van der Waals surface area contributed by atoms with E-state index in [9.17, 15) is 9.18 Å². The first-order valence-corrected chi connectivity index (χ1v) is 8.65. The molecule has 0 saturated carbocycles. The number of hydrogen-bond acceptors (Lipinski definition) is 5. The lowest BCUT2D eigenvalue weighted by molar-refractivity contribution is 0.0367. The summed E-state index contributed by atoms with van der Waals surface area (Å²) in [7, 11) is 0. The predicted octanol–water partition coefficient (Wildman–Crippen LogP) is 4.48. The molecule has 2 N–H and O–H groups in total. The number of fused-ring (bicyclic) bond motifs is 1. The van der Waals surface area contributed by atoms with Gasteiger partial charge in [0.15, 0.2) is 0 Å². The molecule has 2 aromatic heterocycles. The van der Waals surface area contributed by atoms with Crippen LogP contribution in [0.25, 0.3) is 10.2 Å². The molecule has 0 aliphatic heterocycles. The summed E-state index contributed by atoms with van der Waals surface area (Å²) < 4.78 is 14.2. The maximum Gasteiger partial charge on any atom is 0.278 e. The molecule has 3 aromatic rings. The summed E-state index contributed by atoms with van der Waals surface area (Å²) in [6, 6.07) is 6.79. The highest BCUT2D eigenvalue weighted by molar-refractivity contribution is 7.23. The zero-order chi connectivity index (χ0) is 18.0. The molecular weight excluding hydrogens is 341 g/mol. The highest BCUT2D eigenvalue weighted by Gasteiger charge is 2.21. The average molecular weight is 359 g/mol. The van der Waals surface area contributed by atoms with Crippen molar-refractivity contribution < 1.29 is 14.0 Å². The van der Waals surface area contributed by atoms with Gasteiger partial charge in [0, 0.05) is 11.6 Å². The van der Waals surface area contributed by atoms with Crippen LogP contribution in [0.15, 0.2) is 30.5 Å². The average Bonchev–Trinajstić information content (AvgIpc) is 2.92. The standard InChI is InChI=1S/C18H18FN3O2S/c1-4-24-22-16(23)15-12-7-11(3)9-20-17(12)25-18(15)21-14-6-5-10(2)8-13(14)19/h5-9,21H,4H2,1-3H3,(H,22,23). The zero-order valence-corrected chi connectivity index (χ0v) is 15.0. The zero-order valence-electron chi connectivity index (χ0n) is 14.1. The molecule has 0 aliphatic carbocycles. The fraction of sp³-hybridized carbons (Fsp3) is 0.222. The van der Waals surface area contributed by atoms with E-state index in [1.165, 1.54) is 17.4 Å². The van der Waals surface area contributed by atoms with Crippen molar-refractivity contribution in [3.8, 4) is 0 Å². The number of thiophene rings is 1. The number of nitrogens with zero attached hydrogens (tertiary/aromatic N) is 1. The van der Waals surface area contributed by atoms with Gasteiger partial charge in [0.1, 0.15) is 15.6 Å². The molecule has 1 aromatic carbocycles. The first-order chi connectivity index (χ1) is 12.0. The fourth-order valence-corrected chi connectivity index (χ4v) is 3.47. The summed E-state index contributed by atoms with van der Waals surface area (Å²) >= 11 is 1.30. The summed E-state index contributed by atoms with van der Waals surface area (Å²) in [5, 5.41) is 4.25. The SMILES string of the molecule is CCONC(=O)c1c(Nc2ccc(C)cc2F)sc2ncc(C)cc12. The number of nitrogens with one attached hydrogen (secondary N) is 2. The minimum atomic E-state index is -0.393. The summed E-state index contributed by atoms with van der Waals surface area (Å²) in [4.78, 5) is 22.6. The van der Waals surface area contributed by atoms with Gasteiger partial charge in [-0.2, -0.15) is 0 Å². The van der Waals surface area contributed by atoms with E-state index < -0.39 is 5.91 Å². The van der Waals surface area contributed by atoms with Gasteiger partial charge < -0.3 is 5.32 Å². The minimum Gasteiger partial charge on any atom is -0.344 e. The Bertz CT molecular complexity index is 939. The van der Waals surface area contributed by atoms with E-state index in [1.807, 2.05) is 19.9 Å². The van der Waals surface area contributed by atoms with Crippen LogP contribution in [0.2, 0.25) is 0 Å². The molecule has 0 fully saturated rings. The lowest BCUT2D eigenvalue weighted by Gasteiger charge is -2.09. The van der Waals surface area contributed by atoms with Crippen LogP contribution in [-0.2, 0) is 4.84 Å². The second kappa shape index (κ2) is 7.16. The molecule has 0 unspecified atom stereocenters. The normalized spacial score (nSPS) is 10.9. The van der Waals surface area contributed by atoms with E-state index in [0.29, 0.717) is 33.1 Å². The number of benzene rings is 1. The van der Waals surface area contributed by atoms with Crippen LogP contribution in [-0.4, -0.2) is 17.5 Å². The molecule has 0 aliphatic rings. The number of aromatic nitrogens is 1. The van der Waals surface area contributed by atoms with Crippen LogP contribution < -0.4 is 10.8 Å². The number of carbonyl (C=O) groups excluding carboxylic acids is 1. The highest BCUT2D eigenvalue weighted by Crippen LogP contribution is 2.37. The van der Waals surface area contributed by atoms with Crippen molar-refractivity contribution >= 4 is 38.1 Å². The number of pyridine rings is 1. The first kappa shape index (κ1) is 17.3. The van der Waals surface area contributed by atoms with Crippen molar-refractivity contribution in [1.82, 2.24) is 10.5 Å². The van der Waals surface area contributed by atoms with Gasteiger partial charge in [-0.3, -0.25) is 9.63 Å². The van der Waals surface area contributed by atoms with E-state index in [0.717, 1.165) is 11.1 Å². The van der Waals surface area contributed by atoms with Gasteiger partial charge in [0.05, 0.1) is 17.9 Å². The quantitative estimate of drug-likeness (QED) is 0.660. The van der Waals surface area contributed by atoms with E-state index in [1.54, 1.807) is 25.3 Å². The molecule has 2 heterocycles. The Morgan fingerprint density at radius 1 is 1.28 bits per heavy atom. The van der Waals surface area contributed by atoms with Crippen LogP contribution in [0.4, 0.5) is 15.1 Å². The lowest BCUT2D eigenvalue weighted by atomic mass is 10.1. The molecule has 25 heavy (non-hydrogen) atoms. The maximum absolute atomic E-state index is 14.2. The van der Waals surface area contributed by atoms with Crippen LogP contribution in [0, 0.1) is 19.7 Å². The molecule has 5 nitrogen and oxygen atoms in total. The van der Waals surface area contributed by atoms with Gasteiger partial charge in [-0.05, 0) is 50.1 Å². The Hall–Kier alpha value is -2.51. The molecule has 0 atom stereocenters. The third-order valence-electron chi connectivity index (χ3n) is 3.59. The van der Waals surface area contributed by atoms with Gasteiger partial charge in [0.25, 0.3) is 5.91 Å². The van der Waals surface area contributed by atoms with Crippen LogP contribution in [0.1, 0.15) is 28.4 Å². The van der Waals surface area contributed by atoms with Gasteiger partial charge in [0.2, 0.25) is 0 Å². The summed E-state index contributed by atoms with van der Waals surface area (Å²) in [6.07, 6.45) is 1.74. The number of anilines is 2. The number of halogens is 1. The molecule has 130 valence electrons. The number of hydroxylamine groups is 1. The largest absolute Gasteiger partial charge is 0.344 e. The van der Waals surface area contributed by atoms with E-state index in [2.05, 4.69) is 15.8 Å². The maximum atomic E-state index is 14.2. The predicted molar refractivity (Wildman–Crippen MR) is 97.9 cm³/mol. The Labute approximate surface area is 148 Å². The van der Waals surface area contributed by atoms with E-state index in [4.69, 9.17) is 4.84 Å². The topological polar surface area (TPSA) is 63.2 Å². The second-order valence-electron chi connectivity index (χ2n) is 5.64. The monoisotopic (exact) mass is 359 g/mol. The number of carbonyl (C=O) groups is 1. The van der Waals surface area contributed by atoms with Crippen LogP contribution in [0.3, 0.4) is 0 Å². The Morgan fingerprint density at radius 3 is 2.80 bits per heavy atom. The molecular formula is C18H18FN3O2S. The minimum absolute atomic E-state index is 0.305. The lowest BCUT2D eigenvalue weighted by Crippen LogP contribution is -2.24. The van der Waals surface area contributed by atoms with Crippen molar-refractivity contribution in [1.29, 1.82) is 0 Å². The Morgan fingerprint density at radius 2 is 2.08 bits per heavy atom. The van der Waals surface area contributed by atoms with Crippen molar-refractivity contribution in [3.05, 3.63) is 53.0 Å². The fourth-order valence-electron chi connectivity index (χ4n) is 2.43. The van der Waals surface area contributed by atoms with Crippen molar-refractivity contribution in [3.63, 3.8) is 0 Å². The third kappa shape index (κ3) is 3.62. The molecule has 7 heteroatoms. The first-order valence-electron chi connectivity index (χ1n) is 7.84. The van der Waals surface area contributed by atoms with Crippen LogP contribution >= 0.6 is 11.3 Å². The van der Waals surface area contributed by atoms with Crippen molar-refractivity contribution in [2.75, 3.05) is 11.9 Å². The summed E-state index contributed by atoms with van der Waals surface area (Å²) in [6.45, 7) is 5.85. The Balaban J connectivity index is 2.08. The molecule has 1 amide bonds. The molecule has 0 radical (unpaired) electrons. The van der Waals surface area contributed by atoms with Crippen molar-refractivity contribution in [2.24, 2.45) is 0 Å². The summed E-state index contributed by atoms with van der Waals surface area (Å²) in [5.41, 5.74) is 4.86. The van der Waals surface area contributed by atoms with Gasteiger partial charge in [-0.1, -0.05) is 17.4 Å². The molecule has 3 rings (SSSR count). The van der Waals surface area contributed by atoms with Crippen molar-refractivity contribution in [2.45, 2.75) is 20.8 Å². The number of hydrogen-bond donors (Lipinski definition) is 2. The second-order valence-corrected chi connectivity index (χ2v) is 6.64. The number of aryl methyl sites for hydroxylation is 2. The van der Waals surface area contributed by atoms with Gasteiger partial charge in [-0.25, -0.2) is 14.9 Å². The summed E-state index contributed by atoms with van der Waals surface area (Å²) in [5.74, 6) is -0.770. The van der Waals surface area contributed by atoms with Gasteiger partial charge in [-0.15, -0.1) is 0 Å². The van der Waals surface area contributed by atoms with E-state index >= 15 is 0 Å². The molecule has 0 spiro atoms. The number of amides is 1. The van der Waals surface area contributed by atoms with Gasteiger partial charge >= 0.3 is 0 Å². The third-order valence-corrected chi connectivity index (χ3v) is 4.62. The Kier molecular flexibility index (Phi) is 4.96. The highest BCUT2D eigenvalue weighted by atomic mass is 32.1. The van der Waals surface area contributed by atoms with Crippen LogP contribution in [0.5, 0.6) is 0 Å². The molecule has 0 saturated heterocycles. The number of rotatable bonds is 5.